The van der Waals surface area contributed by atoms with E-state index in [4.69, 9.17) is 23.3 Å². The van der Waals surface area contributed by atoms with Gasteiger partial charge in [-0.15, -0.1) is 0 Å². The van der Waals surface area contributed by atoms with Crippen LogP contribution < -0.4 is 4.90 Å². The fourth-order valence-corrected chi connectivity index (χ4v) is 2.82. The number of aliphatic imine (C=N–C) groups is 1. The molecule has 0 unspecified atom stereocenters. The third kappa shape index (κ3) is 11.2. The van der Waals surface area contributed by atoms with Crippen LogP contribution >= 0.6 is 0 Å². The van der Waals surface area contributed by atoms with Gasteiger partial charge in [0.05, 0.1) is 5.70 Å². The van der Waals surface area contributed by atoms with Gasteiger partial charge < -0.3 is 0 Å². The molecule has 7 nitrogen and oxygen atoms in total. The van der Waals surface area contributed by atoms with Crippen LogP contribution in [0.4, 0.5) is 5.69 Å². The Labute approximate surface area is 215 Å². The average molecular weight is 500 g/mol. The molecule has 0 bridgehead atoms. The first-order valence-electron chi connectivity index (χ1n) is 8.95. The molecule has 0 aliphatic carbocycles. The van der Waals surface area contributed by atoms with Crippen molar-refractivity contribution in [3.05, 3.63) is 148 Å². The first kappa shape index (κ1) is 35.7. The van der Waals surface area contributed by atoms with Crippen molar-refractivity contribution in [1.29, 1.82) is 0 Å². The molecule has 35 heavy (non-hydrogen) atoms. The van der Waals surface area contributed by atoms with Gasteiger partial charge in [-0.25, -0.2) is 0 Å². The summed E-state index contributed by atoms with van der Waals surface area (Å²) in [6, 6.07) is 30.9. The molecule has 0 aromatic heterocycles. The molecule has 3 aromatic carbocycles. The number of anilines is 1. The molecule has 0 spiro atoms. The van der Waals surface area contributed by atoms with Crippen LogP contribution in [0, 0.1) is 39.8 Å². The third-order valence-corrected chi connectivity index (χ3v) is 3.94. The second-order valence-electron chi connectivity index (χ2n) is 5.50. The molecule has 170 valence electrons. The Kier molecular flexibility index (Phi) is 25.2. The molecule has 0 fully saturated rings. The number of hydrogen-bond donors (Lipinski definition) is 0. The zero-order chi connectivity index (χ0) is 26.2. The van der Waals surface area contributed by atoms with Crippen LogP contribution in [-0.2, 0) is 40.6 Å². The van der Waals surface area contributed by atoms with Gasteiger partial charge in [-0.3, -0.25) is 9.89 Å². The standard InChI is InChI=1S/C22H16N2.5CO.Cr/c1-4-10-18(11-5-1)21-16-17-23-22(19-12-6-2-7-13-19)24(21)20-14-8-3-9-15-20;5*1-2;/h1-16H;;;;;;. The van der Waals surface area contributed by atoms with Crippen LogP contribution in [0.3, 0.4) is 0 Å². The fourth-order valence-electron chi connectivity index (χ4n) is 2.82. The molecule has 8 heteroatoms. The van der Waals surface area contributed by atoms with Crippen molar-refractivity contribution in [2.24, 2.45) is 4.99 Å². The molecule has 1 aliphatic heterocycles. The molecule has 0 amide bonds. The number of amidine groups is 1. The number of benzene rings is 3. The van der Waals surface area contributed by atoms with Crippen molar-refractivity contribution >= 4 is 17.2 Å². The monoisotopic (exact) mass is 500 g/mol. The van der Waals surface area contributed by atoms with Crippen LogP contribution in [0.15, 0.2) is 102 Å². The molecular formula is C27H16CrN2O5. The minimum absolute atomic E-state index is 0. The van der Waals surface area contributed by atoms with Crippen molar-refractivity contribution in [3.63, 3.8) is 0 Å². The van der Waals surface area contributed by atoms with Crippen LogP contribution in [0.25, 0.3) is 5.70 Å². The summed E-state index contributed by atoms with van der Waals surface area (Å²) in [6.07, 6.45) is 1.94. The van der Waals surface area contributed by atoms with Crippen LogP contribution in [0.5, 0.6) is 0 Å². The van der Waals surface area contributed by atoms with Crippen LogP contribution in [0.1, 0.15) is 11.1 Å². The summed E-state index contributed by atoms with van der Waals surface area (Å²) in [7, 11) is 0. The normalized spacial score (nSPS) is 9.94. The number of hydrogen-bond acceptors (Lipinski definition) is 2. The summed E-state index contributed by atoms with van der Waals surface area (Å²) in [4.78, 5) is 6.73. The van der Waals surface area contributed by atoms with E-state index in [0.29, 0.717) is 0 Å². The minimum Gasteiger partial charge on any atom is -0.294 e. The van der Waals surface area contributed by atoms with Gasteiger partial charge in [0, 0.05) is 28.6 Å². The zero-order valence-electron chi connectivity index (χ0n) is 18.1. The number of para-hydroxylation sites is 1. The van der Waals surface area contributed by atoms with Gasteiger partial charge >= 0.3 is 56.5 Å². The van der Waals surface area contributed by atoms with Crippen LogP contribution in [-0.4, -0.2) is 5.84 Å². The number of nitrogens with zero attached hydrogens (tertiary/aromatic N) is 2. The van der Waals surface area contributed by atoms with Crippen LogP contribution in [0.2, 0.25) is 0 Å². The Hall–Kier alpha value is -3.90. The SMILES string of the molecule is [C-]#[O+].[C-]#[O+].[C-]#[O+].[C-]#[O+].[C-]#[O+].[C]1C=C(c2ccccc2)N(c2ccccc2)C(c2ccccc2)=N1.[Cr]. The molecular weight excluding hydrogens is 484 g/mol. The molecule has 4 rings (SSSR count). The van der Waals surface area contributed by atoms with E-state index < -0.39 is 0 Å². The maximum absolute atomic E-state index is 7.50. The Bertz CT molecular complexity index is 1010. The van der Waals surface area contributed by atoms with Gasteiger partial charge in [0.2, 0.25) is 0 Å². The predicted molar refractivity (Wildman–Crippen MR) is 119 cm³/mol. The first-order valence-corrected chi connectivity index (χ1v) is 8.95. The summed E-state index contributed by atoms with van der Waals surface area (Å²) in [5.41, 5.74) is 4.35. The minimum atomic E-state index is 0. The summed E-state index contributed by atoms with van der Waals surface area (Å²) >= 11 is 0. The fraction of sp³-hybridized carbons (Fsp3) is 0. The van der Waals surface area contributed by atoms with Gasteiger partial charge in [0.25, 0.3) is 0 Å². The smallest absolute Gasteiger partial charge is 0.147 e. The molecule has 1 heterocycles. The molecule has 0 N–H and O–H groups in total. The van der Waals surface area contributed by atoms with E-state index >= 15 is 0 Å². The number of rotatable bonds is 3. The van der Waals surface area contributed by atoms with E-state index in [9.17, 15) is 0 Å². The van der Waals surface area contributed by atoms with E-state index in [1.165, 1.54) is 0 Å². The van der Waals surface area contributed by atoms with Crippen molar-refractivity contribution in [2.45, 2.75) is 0 Å². The Morgan fingerprint density at radius 2 is 0.914 bits per heavy atom. The van der Waals surface area contributed by atoms with Gasteiger partial charge in [-0.1, -0.05) is 78.9 Å². The van der Waals surface area contributed by atoms with Gasteiger partial charge in [-0.05, 0) is 23.8 Å². The van der Waals surface area contributed by atoms with Gasteiger partial charge in [0.15, 0.2) is 0 Å². The quantitative estimate of drug-likeness (QED) is 0.372. The maximum atomic E-state index is 7.50. The van der Waals surface area contributed by atoms with Gasteiger partial charge in [0.1, 0.15) is 12.4 Å². The summed E-state index contributed by atoms with van der Waals surface area (Å²) in [5, 5.41) is 0. The first-order chi connectivity index (χ1) is 16.9. The molecule has 2 radical (unpaired) electrons. The molecule has 1 aliphatic rings. The van der Waals surface area contributed by atoms with Crippen molar-refractivity contribution < 1.29 is 40.6 Å². The molecule has 0 atom stereocenters. The van der Waals surface area contributed by atoms with E-state index in [-0.39, 0.29) is 17.4 Å². The molecule has 0 saturated heterocycles. The van der Waals surface area contributed by atoms with Crippen molar-refractivity contribution in [3.8, 4) is 0 Å². The second-order valence-corrected chi connectivity index (χ2v) is 5.50. The molecule has 0 saturated carbocycles. The summed E-state index contributed by atoms with van der Waals surface area (Å²) in [6.45, 7) is 25.6. The predicted octanol–water partition coefficient (Wildman–Crippen LogP) is 4.84. The van der Waals surface area contributed by atoms with Gasteiger partial charge in [-0.2, -0.15) is 0 Å². The summed E-state index contributed by atoms with van der Waals surface area (Å²) in [5.74, 6) is 0.878. The van der Waals surface area contributed by atoms with E-state index in [1.54, 1.807) is 0 Å². The largest absolute Gasteiger partial charge is 0.294 e. The maximum Gasteiger partial charge on any atom is 0.147 e. The van der Waals surface area contributed by atoms with E-state index in [2.05, 4.69) is 86.1 Å². The Morgan fingerprint density at radius 1 is 0.543 bits per heavy atom. The van der Waals surface area contributed by atoms with Crippen molar-refractivity contribution in [2.75, 3.05) is 4.90 Å². The molecule has 3 aromatic rings. The van der Waals surface area contributed by atoms with E-state index in [1.807, 2.05) is 60.7 Å². The third-order valence-electron chi connectivity index (χ3n) is 3.94. The van der Waals surface area contributed by atoms with Crippen molar-refractivity contribution in [1.82, 2.24) is 0 Å². The van der Waals surface area contributed by atoms with E-state index in [0.717, 1.165) is 28.3 Å². The Morgan fingerprint density at radius 3 is 1.34 bits per heavy atom. The topological polar surface area (TPSA) is 115 Å². The zero-order valence-corrected chi connectivity index (χ0v) is 19.4. The second kappa shape index (κ2) is 24.7. The average Bonchev–Trinajstić information content (AvgIpc) is 2.99. The Balaban J connectivity index is -0.000000834. The summed E-state index contributed by atoms with van der Waals surface area (Å²) < 4.78 is 37.5.